The van der Waals surface area contributed by atoms with Gasteiger partial charge < -0.3 is 0 Å². The number of aromatic nitrogens is 5. The number of rotatable bonds is 1. The molecule has 0 atom stereocenters. The summed E-state index contributed by atoms with van der Waals surface area (Å²) in [4.78, 5) is 8.03. The number of fused-ring (bicyclic) bond motifs is 3. The maximum atomic E-state index is 13.1. The Balaban J connectivity index is 2.14. The van der Waals surface area contributed by atoms with Crippen molar-refractivity contribution >= 4 is 28.4 Å². The van der Waals surface area contributed by atoms with Crippen molar-refractivity contribution in [1.82, 2.24) is 24.6 Å². The van der Waals surface area contributed by atoms with Crippen LogP contribution in [-0.4, -0.2) is 24.6 Å². The molecule has 0 saturated heterocycles. The van der Waals surface area contributed by atoms with Gasteiger partial charge in [-0.3, -0.25) is 4.40 Å². The molecule has 126 valence electrons. The lowest BCUT2D eigenvalue weighted by molar-refractivity contribution is -0.141. The van der Waals surface area contributed by atoms with Crippen LogP contribution in [0.4, 0.5) is 13.2 Å². The summed E-state index contributed by atoms with van der Waals surface area (Å²) in [5.74, 6) is 0.308. The Morgan fingerprint density at radius 2 is 1.72 bits per heavy atom. The minimum absolute atomic E-state index is 0.0235. The molecule has 0 amide bonds. The molecule has 0 N–H and O–H groups in total. The van der Waals surface area contributed by atoms with Crippen LogP contribution in [0.3, 0.4) is 0 Å². The Kier molecular flexibility index (Phi) is 3.40. The van der Waals surface area contributed by atoms with Gasteiger partial charge in [-0.05, 0) is 31.2 Å². The summed E-state index contributed by atoms with van der Waals surface area (Å²) in [5, 5.41) is 8.55. The predicted molar refractivity (Wildman–Crippen MR) is 86.3 cm³/mol. The lowest BCUT2D eigenvalue weighted by atomic mass is 10.2. The fourth-order valence-electron chi connectivity index (χ4n) is 2.62. The number of hydrogen-bond donors (Lipinski definition) is 0. The molecule has 1 aromatic carbocycles. The van der Waals surface area contributed by atoms with E-state index in [0.717, 1.165) is 6.07 Å². The maximum Gasteiger partial charge on any atom is 0.433 e. The van der Waals surface area contributed by atoms with Gasteiger partial charge in [0.1, 0.15) is 11.2 Å². The molecule has 0 aliphatic heterocycles. The van der Waals surface area contributed by atoms with E-state index in [1.807, 2.05) is 0 Å². The van der Waals surface area contributed by atoms with Crippen LogP contribution < -0.4 is 0 Å². The zero-order chi connectivity index (χ0) is 17.8. The largest absolute Gasteiger partial charge is 0.433 e. The first-order chi connectivity index (χ1) is 11.9. The number of nitrogens with zero attached hydrogens (tertiary/aromatic N) is 5. The SMILES string of the molecule is Cc1nc2ccc(C(F)(F)F)nc2n2c(-c3ccccc3Cl)nnc12. The molecular weight excluding hydrogens is 355 g/mol. The van der Waals surface area contributed by atoms with Gasteiger partial charge in [-0.15, -0.1) is 10.2 Å². The molecule has 4 rings (SSSR count). The van der Waals surface area contributed by atoms with E-state index >= 15 is 0 Å². The summed E-state index contributed by atoms with van der Waals surface area (Å²) < 4.78 is 40.6. The fourth-order valence-corrected chi connectivity index (χ4v) is 2.84. The molecule has 3 aromatic heterocycles. The molecule has 5 nitrogen and oxygen atoms in total. The van der Waals surface area contributed by atoms with E-state index in [2.05, 4.69) is 20.2 Å². The number of aryl methyl sites for hydroxylation is 1. The highest BCUT2D eigenvalue weighted by Gasteiger charge is 2.33. The second-order valence-electron chi connectivity index (χ2n) is 5.40. The van der Waals surface area contributed by atoms with Crippen molar-refractivity contribution in [1.29, 1.82) is 0 Å². The van der Waals surface area contributed by atoms with Gasteiger partial charge in [0, 0.05) is 5.56 Å². The normalized spacial score (nSPS) is 12.2. The van der Waals surface area contributed by atoms with Crippen molar-refractivity contribution in [3.05, 3.63) is 52.8 Å². The molecule has 0 radical (unpaired) electrons. The Morgan fingerprint density at radius 1 is 0.960 bits per heavy atom. The molecule has 25 heavy (non-hydrogen) atoms. The number of alkyl halides is 3. The van der Waals surface area contributed by atoms with Gasteiger partial charge >= 0.3 is 6.18 Å². The molecule has 0 unspecified atom stereocenters. The lowest BCUT2D eigenvalue weighted by Gasteiger charge is -2.10. The van der Waals surface area contributed by atoms with E-state index in [9.17, 15) is 13.2 Å². The summed E-state index contributed by atoms with van der Waals surface area (Å²) in [6, 6.07) is 9.08. The monoisotopic (exact) mass is 363 g/mol. The molecule has 0 fully saturated rings. The van der Waals surface area contributed by atoms with E-state index in [0.29, 0.717) is 33.3 Å². The van der Waals surface area contributed by atoms with Crippen LogP contribution in [0.2, 0.25) is 5.02 Å². The minimum Gasteiger partial charge on any atom is -0.255 e. The van der Waals surface area contributed by atoms with E-state index in [4.69, 9.17) is 11.6 Å². The molecule has 3 heterocycles. The van der Waals surface area contributed by atoms with Crippen molar-refractivity contribution in [3.8, 4) is 11.4 Å². The molecule has 0 bridgehead atoms. The predicted octanol–water partition coefficient (Wildman–Crippen LogP) is 4.32. The summed E-state index contributed by atoms with van der Waals surface area (Å²) in [7, 11) is 0. The highest BCUT2D eigenvalue weighted by atomic mass is 35.5. The van der Waals surface area contributed by atoms with Crippen molar-refractivity contribution < 1.29 is 13.2 Å². The molecular formula is C16H9ClF3N5. The summed E-state index contributed by atoms with van der Waals surface area (Å²) >= 11 is 6.21. The average molecular weight is 364 g/mol. The van der Waals surface area contributed by atoms with Crippen LogP contribution in [0.5, 0.6) is 0 Å². The van der Waals surface area contributed by atoms with Gasteiger partial charge in [0.25, 0.3) is 0 Å². The number of benzene rings is 1. The van der Waals surface area contributed by atoms with Crippen LogP contribution in [0.15, 0.2) is 36.4 Å². The third-order valence-corrected chi connectivity index (χ3v) is 4.08. The smallest absolute Gasteiger partial charge is 0.255 e. The van der Waals surface area contributed by atoms with E-state index in [1.165, 1.54) is 10.5 Å². The minimum atomic E-state index is -4.57. The standard InChI is InChI=1S/C16H9ClF3N5/c1-8-13-23-24-14(9-4-2-3-5-10(9)17)25(13)15-11(21-8)6-7-12(22-15)16(18,19)20/h2-7H,1H3. The quantitative estimate of drug-likeness (QED) is 0.505. The van der Waals surface area contributed by atoms with Crippen molar-refractivity contribution in [2.24, 2.45) is 0 Å². The highest BCUT2D eigenvalue weighted by molar-refractivity contribution is 6.33. The topological polar surface area (TPSA) is 56.0 Å². The van der Waals surface area contributed by atoms with Gasteiger partial charge in [-0.2, -0.15) is 13.2 Å². The Hall–Kier alpha value is -2.74. The average Bonchev–Trinajstić information content (AvgIpc) is 3.00. The van der Waals surface area contributed by atoms with Crippen LogP contribution in [0.1, 0.15) is 11.4 Å². The highest BCUT2D eigenvalue weighted by Crippen LogP contribution is 2.31. The van der Waals surface area contributed by atoms with Crippen LogP contribution >= 0.6 is 11.6 Å². The summed E-state index contributed by atoms with van der Waals surface area (Å²) in [5.41, 5.74) is 0.726. The summed E-state index contributed by atoms with van der Waals surface area (Å²) in [6.45, 7) is 1.71. The molecule has 0 aliphatic carbocycles. The second-order valence-corrected chi connectivity index (χ2v) is 5.80. The Bertz CT molecular complexity index is 1120. The van der Waals surface area contributed by atoms with Crippen LogP contribution in [0, 0.1) is 6.92 Å². The zero-order valence-corrected chi connectivity index (χ0v) is 13.5. The van der Waals surface area contributed by atoms with Gasteiger partial charge in [0.05, 0.1) is 10.7 Å². The lowest BCUT2D eigenvalue weighted by Crippen LogP contribution is -2.10. The summed E-state index contributed by atoms with van der Waals surface area (Å²) in [6.07, 6.45) is -4.57. The van der Waals surface area contributed by atoms with Crippen LogP contribution in [-0.2, 0) is 6.18 Å². The van der Waals surface area contributed by atoms with Gasteiger partial charge in [-0.25, -0.2) is 9.97 Å². The third kappa shape index (κ3) is 2.49. The van der Waals surface area contributed by atoms with Gasteiger partial charge in [0.2, 0.25) is 0 Å². The van der Waals surface area contributed by atoms with Crippen molar-refractivity contribution in [2.45, 2.75) is 13.1 Å². The van der Waals surface area contributed by atoms with E-state index in [-0.39, 0.29) is 5.65 Å². The first-order valence-electron chi connectivity index (χ1n) is 7.21. The molecule has 4 aromatic rings. The van der Waals surface area contributed by atoms with Crippen LogP contribution in [0.25, 0.3) is 28.2 Å². The first-order valence-corrected chi connectivity index (χ1v) is 7.58. The fraction of sp³-hybridized carbons (Fsp3) is 0.125. The van der Waals surface area contributed by atoms with Crippen molar-refractivity contribution in [3.63, 3.8) is 0 Å². The van der Waals surface area contributed by atoms with Crippen molar-refractivity contribution in [2.75, 3.05) is 0 Å². The number of pyridine rings is 1. The van der Waals surface area contributed by atoms with E-state index < -0.39 is 11.9 Å². The van der Waals surface area contributed by atoms with E-state index in [1.54, 1.807) is 31.2 Å². The third-order valence-electron chi connectivity index (χ3n) is 3.75. The Labute approximate surface area is 144 Å². The molecule has 0 spiro atoms. The van der Waals surface area contributed by atoms with Gasteiger partial charge in [0.15, 0.2) is 17.1 Å². The number of halogens is 4. The zero-order valence-electron chi connectivity index (χ0n) is 12.7. The second kappa shape index (κ2) is 5.38. The molecule has 0 saturated carbocycles. The molecule has 9 heteroatoms. The first kappa shape index (κ1) is 15.8. The Morgan fingerprint density at radius 3 is 2.44 bits per heavy atom. The molecule has 0 aliphatic rings. The maximum absolute atomic E-state index is 13.1. The van der Waals surface area contributed by atoms with Gasteiger partial charge in [-0.1, -0.05) is 23.7 Å². The number of hydrogen-bond acceptors (Lipinski definition) is 4.